The van der Waals surface area contributed by atoms with Crippen LogP contribution in [-0.2, 0) is 16.8 Å². The van der Waals surface area contributed by atoms with Gasteiger partial charge in [-0.25, -0.2) is 0 Å². The fraction of sp³-hybridized carbons (Fsp3) is 0.500. The number of rotatable bonds is 3. The van der Waals surface area contributed by atoms with Crippen LogP contribution in [0.4, 0.5) is 9.57 Å². The summed E-state index contributed by atoms with van der Waals surface area (Å²) in [4.78, 5) is 1.87. The Morgan fingerprint density at radius 1 is 1.37 bits per heavy atom. The van der Waals surface area contributed by atoms with Gasteiger partial charge in [-0.05, 0) is 30.2 Å². The summed E-state index contributed by atoms with van der Waals surface area (Å²) in [6.45, 7) is 5.76. The SMILES string of the molecule is Cc1c(CN2CCNCC2)cc(N)cc1S(=O)(=O)F. The number of halogens is 1. The van der Waals surface area contributed by atoms with E-state index in [-0.39, 0.29) is 10.6 Å². The third-order valence-electron chi connectivity index (χ3n) is 3.36. The van der Waals surface area contributed by atoms with Crippen molar-refractivity contribution in [3.05, 3.63) is 23.3 Å². The van der Waals surface area contributed by atoms with Crippen molar-refractivity contribution in [3.8, 4) is 0 Å². The second-order valence-electron chi connectivity index (χ2n) is 4.77. The van der Waals surface area contributed by atoms with Gasteiger partial charge in [-0.15, -0.1) is 3.89 Å². The van der Waals surface area contributed by atoms with Crippen molar-refractivity contribution in [1.82, 2.24) is 10.2 Å². The molecule has 106 valence electrons. The Hall–Kier alpha value is -1.18. The molecule has 2 rings (SSSR count). The van der Waals surface area contributed by atoms with Crippen molar-refractivity contribution in [2.75, 3.05) is 31.9 Å². The standard InChI is InChI=1S/C12H18FN3O2S/c1-9-10(8-16-4-2-15-3-5-16)6-11(14)7-12(9)19(13,17)18/h6-7,15H,2-5,8,14H2,1H3. The van der Waals surface area contributed by atoms with E-state index in [2.05, 4.69) is 10.2 Å². The highest BCUT2D eigenvalue weighted by atomic mass is 32.3. The highest BCUT2D eigenvalue weighted by Crippen LogP contribution is 2.25. The van der Waals surface area contributed by atoms with E-state index in [0.29, 0.717) is 12.1 Å². The molecule has 1 aliphatic rings. The zero-order chi connectivity index (χ0) is 14.0. The first-order valence-electron chi connectivity index (χ1n) is 6.14. The molecule has 0 unspecified atom stereocenters. The van der Waals surface area contributed by atoms with Crippen LogP contribution >= 0.6 is 0 Å². The van der Waals surface area contributed by atoms with Gasteiger partial charge in [0.1, 0.15) is 4.90 Å². The molecule has 5 nitrogen and oxygen atoms in total. The van der Waals surface area contributed by atoms with Crippen LogP contribution in [0.3, 0.4) is 0 Å². The molecule has 0 saturated carbocycles. The lowest BCUT2D eigenvalue weighted by Gasteiger charge is -2.28. The maximum atomic E-state index is 13.2. The van der Waals surface area contributed by atoms with Crippen LogP contribution in [-0.4, -0.2) is 39.5 Å². The predicted molar refractivity (Wildman–Crippen MR) is 72.0 cm³/mol. The van der Waals surface area contributed by atoms with Crippen LogP contribution in [0.15, 0.2) is 17.0 Å². The molecule has 0 amide bonds. The van der Waals surface area contributed by atoms with Gasteiger partial charge in [0.2, 0.25) is 0 Å². The van der Waals surface area contributed by atoms with Crippen LogP contribution in [0, 0.1) is 6.92 Å². The molecule has 19 heavy (non-hydrogen) atoms. The maximum absolute atomic E-state index is 13.2. The number of hydrogen-bond acceptors (Lipinski definition) is 5. The lowest BCUT2D eigenvalue weighted by Crippen LogP contribution is -2.43. The van der Waals surface area contributed by atoms with E-state index in [1.807, 2.05) is 0 Å². The molecule has 1 fully saturated rings. The smallest absolute Gasteiger partial charge is 0.332 e. The van der Waals surface area contributed by atoms with Crippen molar-refractivity contribution in [2.24, 2.45) is 0 Å². The lowest BCUT2D eigenvalue weighted by molar-refractivity contribution is 0.232. The Morgan fingerprint density at radius 2 is 2.00 bits per heavy atom. The molecule has 1 aromatic carbocycles. The zero-order valence-corrected chi connectivity index (χ0v) is 11.6. The van der Waals surface area contributed by atoms with Crippen LogP contribution < -0.4 is 11.1 Å². The second-order valence-corrected chi connectivity index (χ2v) is 6.08. The van der Waals surface area contributed by atoms with E-state index in [0.717, 1.165) is 31.7 Å². The van der Waals surface area contributed by atoms with Gasteiger partial charge in [0.15, 0.2) is 0 Å². The molecule has 0 atom stereocenters. The van der Waals surface area contributed by atoms with Crippen LogP contribution in [0.2, 0.25) is 0 Å². The first-order valence-corrected chi connectivity index (χ1v) is 7.53. The molecule has 1 aromatic rings. The number of nitrogens with one attached hydrogen (secondary N) is 1. The van der Waals surface area contributed by atoms with Gasteiger partial charge >= 0.3 is 10.2 Å². The molecule has 7 heteroatoms. The Bertz CT molecular complexity index is 569. The fourth-order valence-electron chi connectivity index (χ4n) is 2.30. The van der Waals surface area contributed by atoms with E-state index in [1.54, 1.807) is 13.0 Å². The van der Waals surface area contributed by atoms with Gasteiger partial charge in [-0.2, -0.15) is 8.42 Å². The minimum Gasteiger partial charge on any atom is -0.399 e. The quantitative estimate of drug-likeness (QED) is 0.630. The number of benzene rings is 1. The second kappa shape index (κ2) is 5.44. The fourth-order valence-corrected chi connectivity index (χ4v) is 3.07. The number of piperazine rings is 1. The van der Waals surface area contributed by atoms with Crippen molar-refractivity contribution >= 4 is 15.9 Å². The van der Waals surface area contributed by atoms with Gasteiger partial charge in [0.05, 0.1) is 0 Å². The number of nitrogens with zero attached hydrogens (tertiary/aromatic N) is 1. The predicted octanol–water partition coefficient (Wildman–Crippen LogP) is 0.641. The van der Waals surface area contributed by atoms with E-state index in [1.165, 1.54) is 6.07 Å². The molecule has 0 aliphatic carbocycles. The Labute approximate surface area is 112 Å². The molecular weight excluding hydrogens is 269 g/mol. The third kappa shape index (κ3) is 3.43. The largest absolute Gasteiger partial charge is 0.399 e. The summed E-state index contributed by atoms with van der Waals surface area (Å²) < 4.78 is 35.4. The van der Waals surface area contributed by atoms with E-state index >= 15 is 0 Å². The average Bonchev–Trinajstić information content (AvgIpc) is 2.33. The summed E-state index contributed by atoms with van der Waals surface area (Å²) in [6.07, 6.45) is 0. The van der Waals surface area contributed by atoms with E-state index < -0.39 is 10.2 Å². The summed E-state index contributed by atoms with van der Waals surface area (Å²) >= 11 is 0. The number of hydrogen-bond donors (Lipinski definition) is 2. The van der Waals surface area contributed by atoms with Crippen LogP contribution in [0.1, 0.15) is 11.1 Å². The van der Waals surface area contributed by atoms with Crippen LogP contribution in [0.5, 0.6) is 0 Å². The van der Waals surface area contributed by atoms with Gasteiger partial charge in [0, 0.05) is 38.4 Å². The topological polar surface area (TPSA) is 75.4 Å². The number of nitrogen functional groups attached to an aromatic ring is 1. The monoisotopic (exact) mass is 287 g/mol. The minimum atomic E-state index is -4.73. The molecule has 3 N–H and O–H groups in total. The van der Waals surface area contributed by atoms with E-state index in [9.17, 15) is 12.3 Å². The van der Waals surface area contributed by atoms with Gasteiger partial charge < -0.3 is 11.1 Å². The molecule has 1 heterocycles. The number of nitrogens with two attached hydrogens (primary N) is 1. The zero-order valence-electron chi connectivity index (χ0n) is 10.8. The van der Waals surface area contributed by atoms with Gasteiger partial charge in [-0.3, -0.25) is 4.90 Å². The van der Waals surface area contributed by atoms with Crippen molar-refractivity contribution < 1.29 is 12.3 Å². The molecular formula is C12H18FN3O2S. The summed E-state index contributed by atoms with van der Waals surface area (Å²) in [5.41, 5.74) is 7.14. The molecule has 1 aliphatic heterocycles. The van der Waals surface area contributed by atoms with Crippen molar-refractivity contribution in [1.29, 1.82) is 0 Å². The lowest BCUT2D eigenvalue weighted by atomic mass is 10.1. The summed E-state index contributed by atoms with van der Waals surface area (Å²) in [5.74, 6) is 0. The first-order chi connectivity index (χ1) is 8.88. The third-order valence-corrected chi connectivity index (χ3v) is 4.31. The molecule has 0 radical (unpaired) electrons. The van der Waals surface area contributed by atoms with Crippen LogP contribution in [0.25, 0.3) is 0 Å². The minimum absolute atomic E-state index is 0.270. The normalized spacial score (nSPS) is 17.6. The highest BCUT2D eigenvalue weighted by Gasteiger charge is 2.20. The highest BCUT2D eigenvalue weighted by molar-refractivity contribution is 7.86. The molecule has 0 bridgehead atoms. The molecule has 0 spiro atoms. The Morgan fingerprint density at radius 3 is 2.58 bits per heavy atom. The van der Waals surface area contributed by atoms with Gasteiger partial charge in [0.25, 0.3) is 0 Å². The summed E-state index contributed by atoms with van der Waals surface area (Å²) in [7, 11) is -4.73. The molecule has 0 aromatic heterocycles. The Kier molecular flexibility index (Phi) is 4.07. The van der Waals surface area contributed by atoms with Crippen molar-refractivity contribution in [2.45, 2.75) is 18.4 Å². The summed E-state index contributed by atoms with van der Waals surface area (Å²) in [5, 5.41) is 3.24. The van der Waals surface area contributed by atoms with E-state index in [4.69, 9.17) is 5.73 Å². The average molecular weight is 287 g/mol. The van der Waals surface area contributed by atoms with Gasteiger partial charge in [-0.1, -0.05) is 0 Å². The molecule has 1 saturated heterocycles. The maximum Gasteiger partial charge on any atom is 0.332 e. The Balaban J connectivity index is 2.32. The number of anilines is 1. The van der Waals surface area contributed by atoms with Crippen molar-refractivity contribution in [3.63, 3.8) is 0 Å². The first kappa shape index (κ1) is 14.2. The summed E-state index contributed by atoms with van der Waals surface area (Å²) in [6, 6.07) is 2.89.